The minimum absolute atomic E-state index is 0.0747. The molecule has 2 atom stereocenters. The molecule has 2 aromatic carbocycles. The van der Waals surface area contributed by atoms with E-state index in [1.165, 1.54) is 14.9 Å². The van der Waals surface area contributed by atoms with E-state index in [2.05, 4.69) is 15.9 Å². The van der Waals surface area contributed by atoms with Crippen LogP contribution in [0.3, 0.4) is 0 Å². The fourth-order valence-corrected chi connectivity index (χ4v) is 4.73. The molecule has 2 N–H and O–H groups in total. The molecular weight excluding hydrogens is 476 g/mol. The summed E-state index contributed by atoms with van der Waals surface area (Å²) in [5.74, 6) is -0.578. The number of rotatable bonds is 4. The van der Waals surface area contributed by atoms with Crippen molar-refractivity contribution in [3.05, 3.63) is 70.2 Å². The maximum Gasteiger partial charge on any atom is 0.331 e. The van der Waals surface area contributed by atoms with E-state index in [4.69, 9.17) is 5.73 Å². The SMILES string of the molecule is N#CCN1CC(=O)N2C(CN(Cc3cccc(Br)c3)C(=O)[C@@H]2c2ccccc2)N1C(N)=O. The van der Waals surface area contributed by atoms with Gasteiger partial charge in [-0.25, -0.2) is 9.80 Å². The van der Waals surface area contributed by atoms with E-state index < -0.39 is 18.2 Å². The van der Waals surface area contributed by atoms with Crippen molar-refractivity contribution >= 4 is 33.8 Å². The Kier molecular flexibility index (Phi) is 6.12. The summed E-state index contributed by atoms with van der Waals surface area (Å²) in [4.78, 5) is 42.2. The summed E-state index contributed by atoms with van der Waals surface area (Å²) >= 11 is 3.44. The first-order valence-electron chi connectivity index (χ1n) is 10.0. The van der Waals surface area contributed by atoms with E-state index in [1.54, 1.807) is 29.2 Å². The van der Waals surface area contributed by atoms with E-state index in [-0.39, 0.29) is 31.4 Å². The van der Waals surface area contributed by atoms with Gasteiger partial charge in [0.2, 0.25) is 5.91 Å². The first-order valence-corrected chi connectivity index (χ1v) is 10.8. The first-order chi connectivity index (χ1) is 15.4. The zero-order valence-corrected chi connectivity index (χ0v) is 18.7. The molecule has 4 amide bonds. The summed E-state index contributed by atoms with van der Waals surface area (Å²) in [5.41, 5.74) is 7.21. The van der Waals surface area contributed by atoms with Gasteiger partial charge in [0.25, 0.3) is 5.91 Å². The average molecular weight is 497 g/mol. The molecule has 2 aromatic rings. The van der Waals surface area contributed by atoms with Crippen LogP contribution < -0.4 is 5.73 Å². The highest BCUT2D eigenvalue weighted by Gasteiger charge is 2.51. The van der Waals surface area contributed by atoms with Crippen molar-refractivity contribution in [1.82, 2.24) is 19.8 Å². The molecular formula is C22H21BrN6O3. The molecule has 2 aliphatic rings. The number of piperazine rings is 1. The summed E-state index contributed by atoms with van der Waals surface area (Å²) in [6.07, 6.45) is -0.822. The molecule has 0 radical (unpaired) electrons. The van der Waals surface area contributed by atoms with Crippen molar-refractivity contribution in [3.8, 4) is 6.07 Å². The van der Waals surface area contributed by atoms with Gasteiger partial charge in [-0.05, 0) is 23.3 Å². The van der Waals surface area contributed by atoms with Gasteiger partial charge >= 0.3 is 6.03 Å². The van der Waals surface area contributed by atoms with Crippen molar-refractivity contribution in [3.63, 3.8) is 0 Å². The van der Waals surface area contributed by atoms with E-state index in [9.17, 15) is 19.6 Å². The van der Waals surface area contributed by atoms with Crippen LogP contribution >= 0.6 is 15.9 Å². The van der Waals surface area contributed by atoms with E-state index >= 15 is 0 Å². The molecule has 0 aromatic heterocycles. The predicted molar refractivity (Wildman–Crippen MR) is 118 cm³/mol. The van der Waals surface area contributed by atoms with Gasteiger partial charge in [-0.1, -0.05) is 58.4 Å². The Bertz CT molecular complexity index is 1090. The molecule has 2 fully saturated rings. The van der Waals surface area contributed by atoms with Gasteiger partial charge in [-0.3, -0.25) is 9.59 Å². The summed E-state index contributed by atoms with van der Waals surface area (Å²) < 4.78 is 0.882. The number of carbonyl (C=O) groups is 3. The quantitative estimate of drug-likeness (QED) is 0.648. The second kappa shape index (κ2) is 8.98. The monoisotopic (exact) mass is 496 g/mol. The molecule has 0 saturated carbocycles. The Hall–Kier alpha value is -3.42. The highest BCUT2D eigenvalue weighted by Crippen LogP contribution is 2.35. The predicted octanol–water partition coefficient (Wildman–Crippen LogP) is 1.82. The Morgan fingerprint density at radius 1 is 1.16 bits per heavy atom. The summed E-state index contributed by atoms with van der Waals surface area (Å²) in [7, 11) is 0. The molecule has 2 aliphatic heterocycles. The lowest BCUT2D eigenvalue weighted by Gasteiger charge is -2.54. The fourth-order valence-electron chi connectivity index (χ4n) is 4.28. The molecule has 0 spiro atoms. The minimum atomic E-state index is -0.902. The van der Waals surface area contributed by atoms with Gasteiger partial charge in [-0.15, -0.1) is 0 Å². The van der Waals surface area contributed by atoms with Crippen LogP contribution in [0.5, 0.6) is 0 Å². The third-order valence-corrected chi connectivity index (χ3v) is 6.07. The van der Waals surface area contributed by atoms with E-state index in [0.29, 0.717) is 12.1 Å². The van der Waals surface area contributed by atoms with Crippen LogP contribution in [-0.4, -0.2) is 63.5 Å². The number of nitrogens with zero attached hydrogens (tertiary/aromatic N) is 5. The normalized spacial score (nSPS) is 21.3. The number of hydrogen-bond donors (Lipinski definition) is 1. The fraction of sp³-hybridized carbons (Fsp3) is 0.273. The molecule has 4 rings (SSSR count). The number of amides is 4. The molecule has 32 heavy (non-hydrogen) atoms. The highest BCUT2D eigenvalue weighted by molar-refractivity contribution is 9.10. The number of primary amides is 1. The minimum Gasteiger partial charge on any atom is -0.350 e. The second-order valence-electron chi connectivity index (χ2n) is 7.61. The van der Waals surface area contributed by atoms with Gasteiger partial charge in [0.1, 0.15) is 18.8 Å². The lowest BCUT2D eigenvalue weighted by molar-refractivity contribution is -0.189. The molecule has 2 heterocycles. The zero-order valence-electron chi connectivity index (χ0n) is 17.1. The summed E-state index contributed by atoms with van der Waals surface area (Å²) in [6.45, 7) is -0.0138. The largest absolute Gasteiger partial charge is 0.350 e. The van der Waals surface area contributed by atoms with Crippen molar-refractivity contribution in [2.75, 3.05) is 19.6 Å². The number of nitriles is 1. The third kappa shape index (κ3) is 4.04. The number of hydrazine groups is 1. The molecule has 2 saturated heterocycles. The highest BCUT2D eigenvalue weighted by atomic mass is 79.9. The van der Waals surface area contributed by atoms with Crippen molar-refractivity contribution < 1.29 is 14.4 Å². The van der Waals surface area contributed by atoms with Gasteiger partial charge in [0.05, 0.1) is 19.2 Å². The van der Waals surface area contributed by atoms with Crippen LogP contribution in [-0.2, 0) is 16.1 Å². The standard InChI is InChI=1S/C22H21BrN6O3/c23-17-8-4-5-15(11-17)12-26-13-18-28(20(21(26)31)16-6-2-1-3-7-16)19(30)14-27(10-9-24)29(18)22(25)32/h1-8,11,18,20H,10,12-14H2,(H2,25,32)/t18?,20-/m0/s1. The second-order valence-corrected chi connectivity index (χ2v) is 8.52. The summed E-state index contributed by atoms with van der Waals surface area (Å²) in [6, 6.07) is 16.9. The summed E-state index contributed by atoms with van der Waals surface area (Å²) in [5, 5.41) is 11.7. The number of hydrogen-bond acceptors (Lipinski definition) is 5. The lowest BCUT2D eigenvalue weighted by Crippen LogP contribution is -2.74. The third-order valence-electron chi connectivity index (χ3n) is 5.58. The van der Waals surface area contributed by atoms with Crippen LogP contribution in [0.25, 0.3) is 0 Å². The molecule has 9 nitrogen and oxygen atoms in total. The Balaban J connectivity index is 1.77. The maximum absolute atomic E-state index is 13.6. The Labute approximate surface area is 193 Å². The molecule has 10 heteroatoms. The molecule has 0 aliphatic carbocycles. The van der Waals surface area contributed by atoms with Crippen molar-refractivity contribution in [2.24, 2.45) is 5.73 Å². The van der Waals surface area contributed by atoms with Crippen molar-refractivity contribution in [1.29, 1.82) is 5.26 Å². The van der Waals surface area contributed by atoms with E-state index in [1.807, 2.05) is 36.4 Å². The van der Waals surface area contributed by atoms with Crippen LogP contribution in [0.4, 0.5) is 4.79 Å². The van der Waals surface area contributed by atoms with Crippen LogP contribution in [0.2, 0.25) is 0 Å². The average Bonchev–Trinajstić information content (AvgIpc) is 2.75. The van der Waals surface area contributed by atoms with Crippen LogP contribution in [0.15, 0.2) is 59.1 Å². The first kappa shape index (κ1) is 21.8. The Morgan fingerprint density at radius 2 is 1.91 bits per heavy atom. The van der Waals surface area contributed by atoms with Gasteiger partial charge in [0.15, 0.2) is 0 Å². The number of fused-ring (bicyclic) bond motifs is 1. The van der Waals surface area contributed by atoms with Gasteiger partial charge in [0, 0.05) is 11.0 Å². The van der Waals surface area contributed by atoms with Crippen LogP contribution in [0.1, 0.15) is 17.2 Å². The number of benzene rings is 2. The number of halogens is 1. The zero-order chi connectivity index (χ0) is 22.8. The molecule has 0 bridgehead atoms. The number of carbonyl (C=O) groups excluding carboxylic acids is 3. The smallest absolute Gasteiger partial charge is 0.331 e. The molecule has 1 unspecified atom stereocenters. The Morgan fingerprint density at radius 3 is 2.56 bits per heavy atom. The van der Waals surface area contributed by atoms with E-state index in [0.717, 1.165) is 10.0 Å². The maximum atomic E-state index is 13.6. The lowest BCUT2D eigenvalue weighted by atomic mass is 9.98. The van der Waals surface area contributed by atoms with Gasteiger partial charge in [-0.2, -0.15) is 10.3 Å². The van der Waals surface area contributed by atoms with Crippen molar-refractivity contribution in [2.45, 2.75) is 18.8 Å². The number of urea groups is 1. The number of nitrogens with two attached hydrogens (primary N) is 1. The molecule has 164 valence electrons. The van der Waals surface area contributed by atoms with Gasteiger partial charge < -0.3 is 15.5 Å². The van der Waals surface area contributed by atoms with Crippen LogP contribution in [0, 0.1) is 11.3 Å². The topological polar surface area (TPSA) is 114 Å².